The highest BCUT2D eigenvalue weighted by Gasteiger charge is 2.18. The molecular formula is C11H18N4O4S. The Morgan fingerprint density at radius 1 is 1.40 bits per heavy atom. The Kier molecular flexibility index (Phi) is 5.99. The van der Waals surface area contributed by atoms with Gasteiger partial charge in [-0.05, 0) is 6.92 Å². The van der Waals surface area contributed by atoms with Crippen LogP contribution in [0.5, 0.6) is 0 Å². The van der Waals surface area contributed by atoms with Crippen molar-refractivity contribution in [3.05, 3.63) is 23.8 Å². The maximum Gasteiger partial charge on any atom is 0.306 e. The lowest BCUT2D eigenvalue weighted by atomic mass is 10.4. The van der Waals surface area contributed by atoms with Crippen molar-refractivity contribution in [3.63, 3.8) is 0 Å². The Morgan fingerprint density at radius 3 is 2.65 bits per heavy atom. The third-order valence-electron chi connectivity index (χ3n) is 2.54. The van der Waals surface area contributed by atoms with Crippen LogP contribution in [-0.4, -0.2) is 49.4 Å². The Hall–Kier alpha value is -1.58. The van der Waals surface area contributed by atoms with E-state index in [-0.39, 0.29) is 19.5 Å². The molecule has 1 heterocycles. The first-order valence-electron chi connectivity index (χ1n) is 5.90. The fourth-order valence-corrected chi connectivity index (χ4v) is 2.14. The SMILES string of the molecule is COC(=O)CCN(C)S(=O)(=O)NCc1cnc(C)cn1. The molecule has 1 rings (SSSR count). The molecular weight excluding hydrogens is 284 g/mol. The van der Waals surface area contributed by atoms with Gasteiger partial charge in [-0.2, -0.15) is 17.4 Å². The highest BCUT2D eigenvalue weighted by Crippen LogP contribution is 2.00. The minimum atomic E-state index is -3.66. The molecule has 0 atom stereocenters. The molecule has 1 N–H and O–H groups in total. The smallest absolute Gasteiger partial charge is 0.306 e. The maximum absolute atomic E-state index is 11.9. The van der Waals surface area contributed by atoms with E-state index in [2.05, 4.69) is 19.4 Å². The summed E-state index contributed by atoms with van der Waals surface area (Å²) in [7, 11) is -1.03. The van der Waals surface area contributed by atoms with Gasteiger partial charge in [-0.1, -0.05) is 0 Å². The molecule has 8 nitrogen and oxygen atoms in total. The van der Waals surface area contributed by atoms with E-state index in [4.69, 9.17) is 0 Å². The molecule has 9 heteroatoms. The molecule has 0 saturated carbocycles. The van der Waals surface area contributed by atoms with Crippen molar-refractivity contribution in [1.82, 2.24) is 19.0 Å². The van der Waals surface area contributed by atoms with Crippen LogP contribution in [0.25, 0.3) is 0 Å². The molecule has 0 aliphatic rings. The standard InChI is InChI=1S/C11H18N4O4S/c1-9-6-13-10(7-12-9)8-14-20(17,18)15(2)5-4-11(16)19-3/h6-7,14H,4-5,8H2,1-3H3. The van der Waals surface area contributed by atoms with E-state index < -0.39 is 16.2 Å². The van der Waals surface area contributed by atoms with E-state index in [1.54, 1.807) is 13.1 Å². The molecule has 0 spiro atoms. The molecule has 20 heavy (non-hydrogen) atoms. The number of rotatable bonds is 7. The number of hydrogen-bond acceptors (Lipinski definition) is 6. The third-order valence-corrected chi connectivity index (χ3v) is 4.05. The van der Waals surface area contributed by atoms with Gasteiger partial charge in [0.05, 0.1) is 37.7 Å². The average molecular weight is 302 g/mol. The number of esters is 1. The van der Waals surface area contributed by atoms with E-state index in [0.717, 1.165) is 10.00 Å². The zero-order valence-electron chi connectivity index (χ0n) is 11.7. The van der Waals surface area contributed by atoms with Crippen LogP contribution in [0.15, 0.2) is 12.4 Å². The lowest BCUT2D eigenvalue weighted by molar-refractivity contribution is -0.140. The predicted octanol–water partition coefficient (Wildman–Crippen LogP) is -0.386. The van der Waals surface area contributed by atoms with Gasteiger partial charge in [0.2, 0.25) is 0 Å². The number of carbonyl (C=O) groups excluding carboxylic acids is 1. The summed E-state index contributed by atoms with van der Waals surface area (Å²) in [6, 6.07) is 0. The number of carbonyl (C=O) groups is 1. The zero-order valence-corrected chi connectivity index (χ0v) is 12.5. The Balaban J connectivity index is 2.52. The molecule has 0 fully saturated rings. The molecule has 1 aromatic heterocycles. The monoisotopic (exact) mass is 302 g/mol. The highest BCUT2D eigenvalue weighted by atomic mass is 32.2. The summed E-state index contributed by atoms with van der Waals surface area (Å²) < 4.78 is 31.7. The molecule has 0 amide bonds. The van der Waals surface area contributed by atoms with Crippen LogP contribution in [0.1, 0.15) is 17.8 Å². The molecule has 0 bridgehead atoms. The molecule has 0 aliphatic heterocycles. The number of nitrogens with one attached hydrogen (secondary N) is 1. The number of hydrogen-bond donors (Lipinski definition) is 1. The first kappa shape index (κ1) is 16.5. The number of nitrogens with zero attached hydrogens (tertiary/aromatic N) is 3. The van der Waals surface area contributed by atoms with Crippen LogP contribution in [-0.2, 0) is 26.3 Å². The summed E-state index contributed by atoms with van der Waals surface area (Å²) in [5.41, 5.74) is 1.27. The van der Waals surface area contributed by atoms with Crippen molar-refractivity contribution >= 4 is 16.2 Å². The van der Waals surface area contributed by atoms with Gasteiger partial charge in [0.1, 0.15) is 0 Å². The van der Waals surface area contributed by atoms with Gasteiger partial charge in [-0.3, -0.25) is 14.8 Å². The van der Waals surface area contributed by atoms with Crippen LogP contribution >= 0.6 is 0 Å². The van der Waals surface area contributed by atoms with E-state index in [0.29, 0.717) is 5.69 Å². The largest absolute Gasteiger partial charge is 0.469 e. The van der Waals surface area contributed by atoms with Gasteiger partial charge in [-0.15, -0.1) is 0 Å². The minimum absolute atomic E-state index is 0.00174. The predicted molar refractivity (Wildman–Crippen MR) is 71.8 cm³/mol. The molecule has 112 valence electrons. The Labute approximate surface area is 118 Å². The second-order valence-electron chi connectivity index (χ2n) is 4.12. The summed E-state index contributed by atoms with van der Waals surface area (Å²) in [5.74, 6) is -0.462. The second kappa shape index (κ2) is 7.27. The fraction of sp³-hybridized carbons (Fsp3) is 0.545. The van der Waals surface area contributed by atoms with Crippen LogP contribution in [0.4, 0.5) is 0 Å². The van der Waals surface area contributed by atoms with E-state index in [1.165, 1.54) is 20.4 Å². The summed E-state index contributed by atoms with van der Waals surface area (Å²) in [4.78, 5) is 19.0. The number of aromatic nitrogens is 2. The van der Waals surface area contributed by atoms with E-state index >= 15 is 0 Å². The molecule has 1 aromatic rings. The van der Waals surface area contributed by atoms with Crippen LogP contribution in [0.2, 0.25) is 0 Å². The van der Waals surface area contributed by atoms with Gasteiger partial charge < -0.3 is 4.74 Å². The first-order chi connectivity index (χ1) is 9.35. The Bertz CT molecular complexity index is 544. The molecule has 0 saturated heterocycles. The zero-order chi connectivity index (χ0) is 15.2. The van der Waals surface area contributed by atoms with Crippen LogP contribution in [0.3, 0.4) is 0 Å². The summed E-state index contributed by atoms with van der Waals surface area (Å²) in [5, 5.41) is 0. The third kappa shape index (κ3) is 5.19. The van der Waals surface area contributed by atoms with Crippen molar-refractivity contribution < 1.29 is 17.9 Å². The maximum atomic E-state index is 11.9. The van der Waals surface area contributed by atoms with Gasteiger partial charge in [0, 0.05) is 19.8 Å². The molecule has 0 radical (unpaired) electrons. The van der Waals surface area contributed by atoms with Crippen LogP contribution < -0.4 is 4.72 Å². The van der Waals surface area contributed by atoms with Crippen molar-refractivity contribution in [2.24, 2.45) is 0 Å². The molecule has 0 aromatic carbocycles. The van der Waals surface area contributed by atoms with Crippen molar-refractivity contribution in [2.45, 2.75) is 19.9 Å². The average Bonchev–Trinajstić information content (AvgIpc) is 2.43. The minimum Gasteiger partial charge on any atom is -0.469 e. The number of methoxy groups -OCH3 is 1. The highest BCUT2D eigenvalue weighted by molar-refractivity contribution is 7.87. The molecule has 0 aliphatic carbocycles. The second-order valence-corrected chi connectivity index (χ2v) is 5.99. The first-order valence-corrected chi connectivity index (χ1v) is 7.34. The van der Waals surface area contributed by atoms with Crippen molar-refractivity contribution in [2.75, 3.05) is 20.7 Å². The lowest BCUT2D eigenvalue weighted by Gasteiger charge is -2.16. The Morgan fingerprint density at radius 2 is 2.10 bits per heavy atom. The van der Waals surface area contributed by atoms with Gasteiger partial charge >= 0.3 is 5.97 Å². The quantitative estimate of drug-likeness (QED) is 0.689. The molecule has 0 unspecified atom stereocenters. The van der Waals surface area contributed by atoms with Crippen molar-refractivity contribution in [3.8, 4) is 0 Å². The van der Waals surface area contributed by atoms with Gasteiger partial charge in [0.15, 0.2) is 0 Å². The lowest BCUT2D eigenvalue weighted by Crippen LogP contribution is -2.39. The van der Waals surface area contributed by atoms with Crippen molar-refractivity contribution in [1.29, 1.82) is 0 Å². The summed E-state index contributed by atoms with van der Waals surface area (Å²) in [6.07, 6.45) is 3.06. The summed E-state index contributed by atoms with van der Waals surface area (Å²) in [6.45, 7) is 1.88. The normalized spacial score (nSPS) is 11.6. The summed E-state index contributed by atoms with van der Waals surface area (Å²) >= 11 is 0. The van der Waals surface area contributed by atoms with Gasteiger partial charge in [0.25, 0.3) is 10.2 Å². The van der Waals surface area contributed by atoms with E-state index in [9.17, 15) is 13.2 Å². The number of ether oxygens (including phenoxy) is 1. The van der Waals surface area contributed by atoms with Crippen LogP contribution in [0, 0.1) is 6.92 Å². The number of aryl methyl sites for hydroxylation is 1. The fourth-order valence-electron chi connectivity index (χ4n) is 1.26. The van der Waals surface area contributed by atoms with E-state index in [1.807, 2.05) is 0 Å². The topological polar surface area (TPSA) is 101 Å². The van der Waals surface area contributed by atoms with Gasteiger partial charge in [-0.25, -0.2) is 0 Å².